The van der Waals surface area contributed by atoms with Gasteiger partial charge in [-0.3, -0.25) is 9.48 Å². The molecule has 0 unspecified atom stereocenters. The zero-order valence-corrected chi connectivity index (χ0v) is 26.2. The van der Waals surface area contributed by atoms with E-state index >= 15 is 0 Å². The molecular formula is C34H71N2+. The molecule has 0 heterocycles. The fourth-order valence-electron chi connectivity index (χ4n) is 5.40. The van der Waals surface area contributed by atoms with Gasteiger partial charge >= 0.3 is 0 Å². The maximum atomic E-state index is 2.80. The van der Waals surface area contributed by atoms with Crippen LogP contribution in [0.15, 0.2) is 0 Å². The van der Waals surface area contributed by atoms with Gasteiger partial charge in [-0.2, -0.15) is 0 Å². The Bertz CT molecular complexity index is 422. The topological polar surface area (TPSA) is 6.25 Å². The Labute approximate surface area is 230 Å². The van der Waals surface area contributed by atoms with Crippen molar-refractivity contribution in [3.8, 4) is 0 Å². The van der Waals surface area contributed by atoms with Crippen LogP contribution in [0.1, 0.15) is 189 Å². The monoisotopic (exact) mass is 508 g/mol. The van der Waals surface area contributed by atoms with E-state index < -0.39 is 0 Å². The maximum Gasteiger partial charge on any atom is 0.243 e. The van der Waals surface area contributed by atoms with E-state index in [0.717, 1.165) is 0 Å². The lowest BCUT2D eigenvalue weighted by Crippen LogP contribution is -2.38. The Hall–Kier alpha value is -0.530. The van der Waals surface area contributed by atoms with Crippen LogP contribution in [0.2, 0.25) is 0 Å². The van der Waals surface area contributed by atoms with Crippen LogP contribution in [-0.2, 0) is 0 Å². The van der Waals surface area contributed by atoms with Crippen molar-refractivity contribution >= 4 is 5.84 Å². The van der Waals surface area contributed by atoms with Crippen molar-refractivity contribution in [1.29, 1.82) is 0 Å². The Morgan fingerprint density at radius 2 is 0.667 bits per heavy atom. The average Bonchev–Trinajstić information content (AvgIpc) is 2.89. The fourth-order valence-corrected chi connectivity index (χ4v) is 5.40. The quantitative estimate of drug-likeness (QED) is 0.0441. The molecule has 0 aliphatic carbocycles. The van der Waals surface area contributed by atoms with Crippen LogP contribution in [0, 0.1) is 0 Å². The van der Waals surface area contributed by atoms with Crippen LogP contribution in [0.3, 0.4) is 0 Å². The summed E-state index contributed by atoms with van der Waals surface area (Å²) in [6.07, 6.45) is 33.6. The molecule has 0 spiro atoms. The molecule has 0 aromatic carbocycles. The summed E-state index contributed by atoms with van der Waals surface area (Å²) >= 11 is 0. The van der Waals surface area contributed by atoms with Crippen molar-refractivity contribution in [3.63, 3.8) is 0 Å². The van der Waals surface area contributed by atoms with Crippen molar-refractivity contribution in [3.05, 3.63) is 0 Å². The highest BCUT2D eigenvalue weighted by molar-refractivity contribution is 5.74. The van der Waals surface area contributed by atoms with E-state index in [-0.39, 0.29) is 0 Å². The predicted octanol–water partition coefficient (Wildman–Crippen LogP) is 11.2. The average molecular weight is 508 g/mol. The van der Waals surface area contributed by atoms with E-state index in [1.54, 1.807) is 5.84 Å². The minimum absolute atomic E-state index is 1.27. The molecule has 0 aliphatic heterocycles. The number of unbranched alkanes of at least 4 members (excludes halogenated alkanes) is 20. The first-order chi connectivity index (χ1) is 17.7. The molecule has 0 rings (SSSR count). The number of nitrogens with zero attached hydrogens (tertiary/aromatic N) is 2. The van der Waals surface area contributed by atoms with E-state index in [4.69, 9.17) is 0 Å². The molecule has 36 heavy (non-hydrogen) atoms. The van der Waals surface area contributed by atoms with Gasteiger partial charge in [0.05, 0.1) is 26.2 Å². The first-order valence-electron chi connectivity index (χ1n) is 17.0. The Balaban J connectivity index is 4.99. The van der Waals surface area contributed by atoms with Crippen molar-refractivity contribution in [1.82, 2.24) is 4.90 Å². The first kappa shape index (κ1) is 35.5. The van der Waals surface area contributed by atoms with E-state index in [9.17, 15) is 0 Å². The summed E-state index contributed by atoms with van der Waals surface area (Å²) in [4.78, 5) is 2.80. The lowest BCUT2D eigenvalue weighted by atomic mass is 10.1. The molecule has 2 heteroatoms. The number of amidine groups is 1. The van der Waals surface area contributed by atoms with Crippen molar-refractivity contribution in [2.24, 2.45) is 0 Å². The van der Waals surface area contributed by atoms with Gasteiger partial charge < -0.3 is 0 Å². The van der Waals surface area contributed by atoms with Gasteiger partial charge in [0, 0.05) is 6.92 Å². The van der Waals surface area contributed by atoms with Crippen molar-refractivity contribution in [2.75, 3.05) is 26.2 Å². The summed E-state index contributed by atoms with van der Waals surface area (Å²) in [6, 6.07) is 0. The Morgan fingerprint density at radius 1 is 0.389 bits per heavy atom. The van der Waals surface area contributed by atoms with E-state index in [1.807, 2.05) is 0 Å². The molecule has 0 N–H and O–H groups in total. The van der Waals surface area contributed by atoms with Gasteiger partial charge in [0.2, 0.25) is 5.84 Å². The fraction of sp³-hybridized carbons (Fsp3) is 0.971. The number of rotatable bonds is 28. The maximum absolute atomic E-state index is 2.80. The highest BCUT2D eigenvalue weighted by Gasteiger charge is 2.18. The van der Waals surface area contributed by atoms with Crippen LogP contribution in [0.5, 0.6) is 0 Å². The van der Waals surface area contributed by atoms with Gasteiger partial charge in [0.25, 0.3) is 0 Å². The zero-order chi connectivity index (χ0) is 26.5. The van der Waals surface area contributed by atoms with Crippen LogP contribution >= 0.6 is 0 Å². The highest BCUT2D eigenvalue weighted by Crippen LogP contribution is 2.12. The second kappa shape index (κ2) is 29.0. The SMILES string of the molecule is CCCCCCCCN(CCCCCCCC)C(C)=[N+](CCCCCCCC)CCCCCCCC. The van der Waals surface area contributed by atoms with Crippen molar-refractivity contribution in [2.45, 2.75) is 189 Å². The molecule has 0 atom stereocenters. The third-order valence-electron chi connectivity index (χ3n) is 8.04. The molecule has 0 aliphatic rings. The minimum atomic E-state index is 1.27. The van der Waals surface area contributed by atoms with Gasteiger partial charge in [-0.15, -0.1) is 0 Å². The third kappa shape index (κ3) is 22.7. The van der Waals surface area contributed by atoms with Crippen LogP contribution in [0.25, 0.3) is 0 Å². The number of hydrogen-bond donors (Lipinski definition) is 0. The van der Waals surface area contributed by atoms with Crippen molar-refractivity contribution < 1.29 is 4.58 Å². The van der Waals surface area contributed by atoms with Gasteiger partial charge in [0.1, 0.15) is 0 Å². The molecular weight excluding hydrogens is 436 g/mol. The summed E-state index contributed by atoms with van der Waals surface area (Å²) < 4.78 is 2.80. The summed E-state index contributed by atoms with van der Waals surface area (Å²) in [6.45, 7) is 16.8. The Morgan fingerprint density at radius 3 is 1.00 bits per heavy atom. The smallest absolute Gasteiger partial charge is 0.243 e. The molecule has 0 fully saturated rings. The van der Waals surface area contributed by atoms with Gasteiger partial charge in [-0.25, -0.2) is 0 Å². The molecule has 216 valence electrons. The molecule has 0 saturated heterocycles. The zero-order valence-electron chi connectivity index (χ0n) is 26.2. The summed E-state index contributed by atoms with van der Waals surface area (Å²) in [5.74, 6) is 1.60. The summed E-state index contributed by atoms with van der Waals surface area (Å²) in [5, 5.41) is 0. The lowest BCUT2D eigenvalue weighted by molar-refractivity contribution is -0.534. The van der Waals surface area contributed by atoms with E-state index in [1.165, 1.54) is 180 Å². The second-order valence-corrected chi connectivity index (χ2v) is 11.6. The lowest BCUT2D eigenvalue weighted by Gasteiger charge is -2.22. The van der Waals surface area contributed by atoms with Crippen LogP contribution < -0.4 is 0 Å². The van der Waals surface area contributed by atoms with E-state index in [2.05, 4.69) is 44.1 Å². The predicted molar refractivity (Wildman–Crippen MR) is 166 cm³/mol. The van der Waals surface area contributed by atoms with Crippen LogP contribution in [0.4, 0.5) is 0 Å². The molecule has 0 amide bonds. The normalized spacial score (nSPS) is 11.2. The molecule has 0 bridgehead atoms. The molecule has 0 aromatic rings. The van der Waals surface area contributed by atoms with Gasteiger partial charge in [-0.05, 0) is 51.4 Å². The third-order valence-corrected chi connectivity index (χ3v) is 8.04. The second-order valence-electron chi connectivity index (χ2n) is 11.6. The highest BCUT2D eigenvalue weighted by atomic mass is 15.2. The van der Waals surface area contributed by atoms with Gasteiger partial charge in [-0.1, -0.05) is 130 Å². The summed E-state index contributed by atoms with van der Waals surface area (Å²) in [7, 11) is 0. The largest absolute Gasteiger partial charge is 0.266 e. The molecule has 0 aromatic heterocycles. The molecule has 2 nitrogen and oxygen atoms in total. The number of hydrogen-bond acceptors (Lipinski definition) is 0. The summed E-state index contributed by atoms with van der Waals surface area (Å²) in [5.41, 5.74) is 0. The standard InChI is InChI=1S/C34H71N2/c1-6-10-14-18-22-26-30-35(31-27-23-19-15-11-7-2)34(5)36(32-28-24-20-16-12-8-3)33-29-25-21-17-13-9-4/h6-33H2,1-5H3/q+1. The Kier molecular flexibility index (Phi) is 28.6. The minimum Gasteiger partial charge on any atom is -0.266 e. The molecule has 0 saturated carbocycles. The van der Waals surface area contributed by atoms with Crippen LogP contribution in [-0.4, -0.2) is 41.5 Å². The van der Waals surface area contributed by atoms with Gasteiger partial charge in [0.15, 0.2) is 0 Å². The molecule has 0 radical (unpaired) electrons. The van der Waals surface area contributed by atoms with E-state index in [0.29, 0.717) is 0 Å². The first-order valence-corrected chi connectivity index (χ1v) is 17.0.